The largest absolute Gasteiger partial charge is 0.329 e. The van der Waals surface area contributed by atoms with E-state index in [9.17, 15) is 9.59 Å². The Morgan fingerprint density at radius 3 is 2.67 bits per heavy atom. The Hall–Kier alpha value is -1.88. The first kappa shape index (κ1) is 17.0. The maximum absolute atomic E-state index is 12.8. The Kier molecular flexibility index (Phi) is 4.63. The molecule has 130 valence electrons. The Labute approximate surface area is 144 Å². The van der Waals surface area contributed by atoms with E-state index in [0.29, 0.717) is 19.0 Å². The number of imide groups is 1. The van der Waals surface area contributed by atoms with Gasteiger partial charge in [-0.15, -0.1) is 0 Å². The minimum absolute atomic E-state index is 0.0699. The van der Waals surface area contributed by atoms with Gasteiger partial charge in [-0.3, -0.25) is 4.79 Å². The fraction of sp³-hybridized carbons (Fsp3) is 0.579. The lowest BCUT2D eigenvalue weighted by atomic mass is 9.92. The quantitative estimate of drug-likeness (QED) is 0.801. The number of carbonyl (C=O) groups is 2. The minimum atomic E-state index is -0.742. The Morgan fingerprint density at radius 1 is 1.25 bits per heavy atom. The Bertz CT molecular complexity index is 643. The predicted molar refractivity (Wildman–Crippen MR) is 92.4 cm³/mol. The second-order valence-corrected chi connectivity index (χ2v) is 7.78. The summed E-state index contributed by atoms with van der Waals surface area (Å²) < 4.78 is 0. The van der Waals surface area contributed by atoms with Crippen molar-refractivity contribution in [3.05, 3.63) is 35.4 Å². The molecule has 2 aliphatic rings. The van der Waals surface area contributed by atoms with Crippen molar-refractivity contribution in [2.45, 2.75) is 52.1 Å². The first-order valence-electron chi connectivity index (χ1n) is 8.93. The Balaban J connectivity index is 1.65. The summed E-state index contributed by atoms with van der Waals surface area (Å²) in [5.41, 5.74) is 1.97. The van der Waals surface area contributed by atoms with Crippen LogP contribution in [0.5, 0.6) is 0 Å². The highest BCUT2D eigenvalue weighted by atomic mass is 16.2. The molecule has 1 fully saturated rings. The molecule has 2 heterocycles. The highest BCUT2D eigenvalue weighted by Gasteiger charge is 2.48. The van der Waals surface area contributed by atoms with Crippen molar-refractivity contribution in [1.82, 2.24) is 10.2 Å². The molecule has 24 heavy (non-hydrogen) atoms. The zero-order chi connectivity index (χ0) is 17.3. The molecule has 1 aromatic rings. The number of fused-ring (bicyclic) bond motifs is 1. The average molecular weight is 330 g/mol. The normalized spacial score (nSPS) is 26.7. The first-order valence-corrected chi connectivity index (χ1v) is 8.93. The molecule has 1 aromatic carbocycles. The van der Waals surface area contributed by atoms with Crippen LogP contribution < -0.4 is 10.2 Å². The van der Waals surface area contributed by atoms with Gasteiger partial charge in [0, 0.05) is 12.0 Å². The van der Waals surface area contributed by atoms with Crippen molar-refractivity contribution in [2.75, 3.05) is 13.2 Å². The lowest BCUT2D eigenvalue weighted by Gasteiger charge is -2.28. The van der Waals surface area contributed by atoms with Crippen LogP contribution >= 0.6 is 0 Å². The molecule has 0 bridgehead atoms. The summed E-state index contributed by atoms with van der Waals surface area (Å²) in [5, 5.41) is 2.92. The van der Waals surface area contributed by atoms with E-state index in [2.05, 4.69) is 43.4 Å². The van der Waals surface area contributed by atoms with Gasteiger partial charge in [-0.05, 0) is 31.2 Å². The summed E-state index contributed by atoms with van der Waals surface area (Å²) in [6, 6.07) is 8.20. The molecule has 1 saturated heterocycles. The molecule has 0 radical (unpaired) electrons. The van der Waals surface area contributed by atoms with Crippen LogP contribution in [0.25, 0.3) is 0 Å². The molecule has 3 amide bonds. The standard InChI is InChI=1S/C19H27N3O2/c1-14(2)8-10-19(3)17(23)22(18(24)20-19)13-21-11-9-15-6-4-5-7-16(15)12-21/h4-7,14H,8-13H2,1-3H3,(H,20,24)/p+1/t19-/m0/s1. The van der Waals surface area contributed by atoms with Crippen molar-refractivity contribution in [3.63, 3.8) is 0 Å². The molecule has 0 aromatic heterocycles. The van der Waals surface area contributed by atoms with E-state index < -0.39 is 5.54 Å². The number of nitrogens with one attached hydrogen (secondary N) is 2. The average Bonchev–Trinajstić information content (AvgIpc) is 2.77. The molecule has 2 aliphatic heterocycles. The summed E-state index contributed by atoms with van der Waals surface area (Å²) in [4.78, 5) is 27.8. The number of hydrogen-bond acceptors (Lipinski definition) is 2. The van der Waals surface area contributed by atoms with Crippen LogP contribution in [-0.4, -0.2) is 35.6 Å². The topological polar surface area (TPSA) is 53.9 Å². The molecule has 0 aliphatic carbocycles. The van der Waals surface area contributed by atoms with Crippen LogP contribution in [0.3, 0.4) is 0 Å². The molecular formula is C19H28N3O2+. The van der Waals surface area contributed by atoms with Gasteiger partial charge in [-0.1, -0.05) is 38.1 Å². The predicted octanol–water partition coefficient (Wildman–Crippen LogP) is 1.33. The number of rotatable bonds is 5. The number of benzene rings is 1. The van der Waals surface area contributed by atoms with Crippen LogP contribution in [0, 0.1) is 5.92 Å². The number of nitrogens with zero attached hydrogens (tertiary/aromatic N) is 1. The van der Waals surface area contributed by atoms with Gasteiger partial charge in [0.1, 0.15) is 12.1 Å². The third-order valence-corrected chi connectivity index (χ3v) is 5.26. The molecule has 0 saturated carbocycles. The number of quaternary nitrogens is 1. The third-order valence-electron chi connectivity index (χ3n) is 5.26. The van der Waals surface area contributed by atoms with Crippen LogP contribution in [0.2, 0.25) is 0 Å². The fourth-order valence-corrected chi connectivity index (χ4v) is 3.64. The molecule has 2 atom stereocenters. The zero-order valence-corrected chi connectivity index (χ0v) is 14.9. The van der Waals surface area contributed by atoms with Crippen molar-refractivity contribution in [2.24, 2.45) is 5.92 Å². The van der Waals surface area contributed by atoms with Crippen LogP contribution in [0.4, 0.5) is 4.79 Å². The maximum Gasteiger partial charge on any atom is 0.329 e. The lowest BCUT2D eigenvalue weighted by molar-refractivity contribution is -0.923. The van der Waals surface area contributed by atoms with E-state index in [4.69, 9.17) is 0 Å². The van der Waals surface area contributed by atoms with E-state index in [0.717, 1.165) is 25.9 Å². The molecular weight excluding hydrogens is 302 g/mol. The van der Waals surface area contributed by atoms with Crippen LogP contribution in [-0.2, 0) is 17.8 Å². The van der Waals surface area contributed by atoms with E-state index in [1.807, 2.05) is 6.92 Å². The summed E-state index contributed by atoms with van der Waals surface area (Å²) >= 11 is 0. The molecule has 5 nitrogen and oxygen atoms in total. The van der Waals surface area contributed by atoms with E-state index in [1.165, 1.54) is 20.9 Å². The van der Waals surface area contributed by atoms with Gasteiger partial charge in [-0.2, -0.15) is 0 Å². The number of urea groups is 1. The highest BCUT2D eigenvalue weighted by molar-refractivity contribution is 6.06. The zero-order valence-electron chi connectivity index (χ0n) is 14.9. The monoisotopic (exact) mass is 330 g/mol. The van der Waals surface area contributed by atoms with Crippen molar-refractivity contribution in [1.29, 1.82) is 0 Å². The van der Waals surface area contributed by atoms with Gasteiger partial charge in [0.05, 0.1) is 6.54 Å². The van der Waals surface area contributed by atoms with Gasteiger partial charge >= 0.3 is 6.03 Å². The fourth-order valence-electron chi connectivity index (χ4n) is 3.64. The molecule has 5 heteroatoms. The Morgan fingerprint density at radius 2 is 1.96 bits per heavy atom. The second kappa shape index (κ2) is 6.55. The number of carbonyl (C=O) groups excluding carboxylic acids is 2. The highest BCUT2D eigenvalue weighted by Crippen LogP contribution is 2.24. The van der Waals surface area contributed by atoms with E-state index in [1.54, 1.807) is 0 Å². The molecule has 2 N–H and O–H groups in total. The van der Waals surface area contributed by atoms with Crippen molar-refractivity contribution in [3.8, 4) is 0 Å². The van der Waals surface area contributed by atoms with Crippen molar-refractivity contribution < 1.29 is 14.5 Å². The smallest absolute Gasteiger partial charge is 0.323 e. The molecule has 0 spiro atoms. The SMILES string of the molecule is CC(C)CC[C@]1(C)NC(=O)N(C[NH+]2CCc3ccccc3C2)C1=O. The summed E-state index contributed by atoms with van der Waals surface area (Å²) in [6.45, 7) is 8.41. The maximum atomic E-state index is 12.8. The first-order chi connectivity index (χ1) is 11.4. The minimum Gasteiger partial charge on any atom is -0.323 e. The van der Waals surface area contributed by atoms with Crippen LogP contribution in [0.15, 0.2) is 24.3 Å². The van der Waals surface area contributed by atoms with E-state index >= 15 is 0 Å². The number of hydrogen-bond donors (Lipinski definition) is 2. The second-order valence-electron chi connectivity index (χ2n) is 7.78. The lowest BCUT2D eigenvalue weighted by Crippen LogP contribution is -3.13. The summed E-state index contributed by atoms with van der Waals surface area (Å²) in [5.74, 6) is 0.448. The van der Waals surface area contributed by atoms with E-state index in [-0.39, 0.29) is 11.9 Å². The van der Waals surface area contributed by atoms with Gasteiger partial charge in [0.2, 0.25) is 0 Å². The molecule has 3 rings (SSSR count). The molecule has 1 unspecified atom stereocenters. The van der Waals surface area contributed by atoms with Gasteiger partial charge in [-0.25, -0.2) is 9.69 Å². The number of amides is 3. The van der Waals surface area contributed by atoms with Gasteiger partial charge < -0.3 is 10.2 Å². The van der Waals surface area contributed by atoms with Crippen LogP contribution in [0.1, 0.15) is 44.7 Å². The van der Waals surface area contributed by atoms with Gasteiger partial charge in [0.25, 0.3) is 5.91 Å². The van der Waals surface area contributed by atoms with Gasteiger partial charge in [0.15, 0.2) is 6.67 Å². The van der Waals surface area contributed by atoms with Crippen molar-refractivity contribution >= 4 is 11.9 Å². The third kappa shape index (κ3) is 3.31. The summed E-state index contributed by atoms with van der Waals surface area (Å²) in [6.07, 6.45) is 2.63. The summed E-state index contributed by atoms with van der Waals surface area (Å²) in [7, 11) is 0.